The van der Waals surface area contributed by atoms with E-state index in [9.17, 15) is 14.4 Å². The lowest BCUT2D eigenvalue weighted by molar-refractivity contribution is -0.130. The van der Waals surface area contributed by atoms with Crippen LogP contribution in [0.3, 0.4) is 0 Å². The normalized spacial score (nSPS) is 10.1. The van der Waals surface area contributed by atoms with Crippen LogP contribution in [0.2, 0.25) is 0 Å². The third-order valence-corrected chi connectivity index (χ3v) is 4.36. The highest BCUT2D eigenvalue weighted by Gasteiger charge is 2.10. The number of halogens is 1. The minimum Gasteiger partial charge on any atom is -0.483 e. The maximum absolute atomic E-state index is 11.8. The van der Waals surface area contributed by atoms with Crippen LogP contribution in [-0.4, -0.2) is 24.3 Å². The van der Waals surface area contributed by atoms with E-state index in [0.29, 0.717) is 11.4 Å². The standard InChI is InChI=1S/C20H22BrN3O4/c1-2-14-8-9-17(16(21)12-14)28-13-20(27)24-23-19(26)11-10-18(25)22-15-6-4-3-5-7-15/h3-9,12H,2,10-11,13H2,1H3,(H,22,25)(H,23,26)(H,24,27). The van der Waals surface area contributed by atoms with Gasteiger partial charge in [-0.2, -0.15) is 0 Å². The highest BCUT2D eigenvalue weighted by atomic mass is 79.9. The Hall–Kier alpha value is -2.87. The fraction of sp³-hybridized carbons (Fsp3) is 0.250. The molecule has 3 amide bonds. The van der Waals surface area contributed by atoms with Gasteiger partial charge in [0.05, 0.1) is 4.47 Å². The van der Waals surface area contributed by atoms with E-state index in [0.717, 1.165) is 16.5 Å². The molecular formula is C20H22BrN3O4. The highest BCUT2D eigenvalue weighted by Crippen LogP contribution is 2.26. The summed E-state index contributed by atoms with van der Waals surface area (Å²) in [7, 11) is 0. The van der Waals surface area contributed by atoms with Gasteiger partial charge in [-0.1, -0.05) is 31.2 Å². The topological polar surface area (TPSA) is 96.5 Å². The first-order valence-electron chi connectivity index (χ1n) is 8.81. The molecule has 0 bridgehead atoms. The van der Waals surface area contributed by atoms with Crippen molar-refractivity contribution in [3.63, 3.8) is 0 Å². The van der Waals surface area contributed by atoms with E-state index in [1.165, 1.54) is 0 Å². The molecule has 0 atom stereocenters. The first-order valence-corrected chi connectivity index (χ1v) is 9.61. The van der Waals surface area contributed by atoms with Gasteiger partial charge in [-0.3, -0.25) is 25.2 Å². The monoisotopic (exact) mass is 447 g/mol. The lowest BCUT2D eigenvalue weighted by Gasteiger charge is -2.10. The molecule has 0 unspecified atom stereocenters. The second-order valence-corrected chi connectivity index (χ2v) is 6.77. The number of benzene rings is 2. The molecule has 0 aliphatic rings. The molecule has 28 heavy (non-hydrogen) atoms. The largest absolute Gasteiger partial charge is 0.483 e. The van der Waals surface area contributed by atoms with Crippen molar-refractivity contribution < 1.29 is 19.1 Å². The molecule has 2 rings (SSSR count). The third-order valence-electron chi connectivity index (χ3n) is 3.74. The minimum atomic E-state index is -0.506. The van der Waals surface area contributed by atoms with Gasteiger partial charge in [-0.15, -0.1) is 0 Å². The number of ether oxygens (including phenoxy) is 1. The Morgan fingerprint density at radius 2 is 1.61 bits per heavy atom. The van der Waals surface area contributed by atoms with Crippen LogP contribution in [0, 0.1) is 0 Å². The van der Waals surface area contributed by atoms with Gasteiger partial charge in [0.15, 0.2) is 6.61 Å². The van der Waals surface area contributed by atoms with E-state index in [1.54, 1.807) is 30.3 Å². The van der Waals surface area contributed by atoms with Crippen molar-refractivity contribution in [2.45, 2.75) is 26.2 Å². The highest BCUT2D eigenvalue weighted by molar-refractivity contribution is 9.10. The Labute approximate surface area is 171 Å². The van der Waals surface area contributed by atoms with Crippen molar-refractivity contribution in [3.05, 3.63) is 58.6 Å². The average Bonchev–Trinajstić information content (AvgIpc) is 2.70. The first-order chi connectivity index (χ1) is 13.5. The van der Waals surface area contributed by atoms with Crippen LogP contribution in [0.4, 0.5) is 5.69 Å². The van der Waals surface area contributed by atoms with Gasteiger partial charge in [-0.05, 0) is 52.2 Å². The second-order valence-electron chi connectivity index (χ2n) is 5.92. The Balaban J connectivity index is 1.65. The first kappa shape index (κ1) is 21.4. The quantitative estimate of drug-likeness (QED) is 0.541. The van der Waals surface area contributed by atoms with Crippen molar-refractivity contribution in [1.29, 1.82) is 0 Å². The van der Waals surface area contributed by atoms with E-state index in [-0.39, 0.29) is 25.4 Å². The van der Waals surface area contributed by atoms with E-state index >= 15 is 0 Å². The summed E-state index contributed by atoms with van der Waals surface area (Å²) in [5.74, 6) is -0.716. The predicted octanol–water partition coefficient (Wildman–Crippen LogP) is 2.96. The van der Waals surface area contributed by atoms with Crippen LogP contribution in [0.5, 0.6) is 5.75 Å². The SMILES string of the molecule is CCc1ccc(OCC(=O)NNC(=O)CCC(=O)Nc2ccccc2)c(Br)c1. The van der Waals surface area contributed by atoms with Crippen molar-refractivity contribution in [2.75, 3.05) is 11.9 Å². The molecule has 0 aliphatic carbocycles. The van der Waals surface area contributed by atoms with Gasteiger partial charge < -0.3 is 10.1 Å². The van der Waals surface area contributed by atoms with Crippen LogP contribution in [0.1, 0.15) is 25.3 Å². The molecule has 0 aliphatic heterocycles. The number of carbonyl (C=O) groups is 3. The molecule has 0 heterocycles. The number of amides is 3. The molecule has 0 radical (unpaired) electrons. The summed E-state index contributed by atoms with van der Waals surface area (Å²) in [5, 5.41) is 2.68. The Morgan fingerprint density at radius 1 is 0.929 bits per heavy atom. The van der Waals surface area contributed by atoms with Gasteiger partial charge >= 0.3 is 0 Å². The van der Waals surface area contributed by atoms with Crippen molar-refractivity contribution >= 4 is 39.3 Å². The molecule has 2 aromatic carbocycles. The molecule has 0 saturated heterocycles. The zero-order valence-corrected chi connectivity index (χ0v) is 17.0. The summed E-state index contributed by atoms with van der Waals surface area (Å²) < 4.78 is 6.18. The third kappa shape index (κ3) is 7.40. The number of hydrazine groups is 1. The number of carbonyl (C=O) groups excluding carboxylic acids is 3. The smallest absolute Gasteiger partial charge is 0.276 e. The Bertz CT molecular complexity index is 827. The average molecular weight is 448 g/mol. The summed E-state index contributed by atoms with van der Waals surface area (Å²) in [6.07, 6.45) is 0.850. The predicted molar refractivity (Wildman–Crippen MR) is 110 cm³/mol. The summed E-state index contributed by atoms with van der Waals surface area (Å²) in [4.78, 5) is 35.3. The lowest BCUT2D eigenvalue weighted by Crippen LogP contribution is -2.44. The molecule has 3 N–H and O–H groups in total. The number of nitrogens with one attached hydrogen (secondary N) is 3. The van der Waals surface area contributed by atoms with E-state index in [2.05, 4.69) is 32.1 Å². The number of aryl methyl sites for hydroxylation is 1. The molecule has 2 aromatic rings. The number of rotatable bonds is 8. The van der Waals surface area contributed by atoms with Crippen LogP contribution >= 0.6 is 15.9 Å². The summed E-state index contributed by atoms with van der Waals surface area (Å²) >= 11 is 3.39. The van der Waals surface area contributed by atoms with E-state index in [4.69, 9.17) is 4.74 Å². The van der Waals surface area contributed by atoms with Gasteiger partial charge in [0.25, 0.3) is 5.91 Å². The van der Waals surface area contributed by atoms with Crippen LogP contribution in [0.25, 0.3) is 0 Å². The molecule has 0 spiro atoms. The van der Waals surface area contributed by atoms with Gasteiger partial charge in [0.2, 0.25) is 11.8 Å². The molecule has 0 fully saturated rings. The minimum absolute atomic E-state index is 0.00379. The molecule has 7 nitrogen and oxygen atoms in total. The van der Waals surface area contributed by atoms with Crippen LogP contribution in [-0.2, 0) is 20.8 Å². The zero-order chi connectivity index (χ0) is 20.4. The van der Waals surface area contributed by atoms with Crippen LogP contribution < -0.4 is 20.9 Å². The number of hydrogen-bond donors (Lipinski definition) is 3. The second kappa shape index (κ2) is 11.1. The summed E-state index contributed by atoms with van der Waals surface area (Å²) in [6, 6.07) is 14.6. The lowest BCUT2D eigenvalue weighted by atomic mass is 10.2. The molecule has 0 aromatic heterocycles. The fourth-order valence-electron chi connectivity index (χ4n) is 2.23. The number of hydrogen-bond acceptors (Lipinski definition) is 4. The number of anilines is 1. The van der Waals surface area contributed by atoms with Crippen molar-refractivity contribution in [2.24, 2.45) is 0 Å². The number of para-hydroxylation sites is 1. The molecule has 148 valence electrons. The van der Waals surface area contributed by atoms with Gasteiger partial charge in [0.1, 0.15) is 5.75 Å². The van der Waals surface area contributed by atoms with Crippen molar-refractivity contribution in [1.82, 2.24) is 10.9 Å². The Kier molecular flexibility index (Phi) is 8.48. The van der Waals surface area contributed by atoms with Gasteiger partial charge in [0, 0.05) is 18.5 Å². The van der Waals surface area contributed by atoms with Crippen LogP contribution in [0.15, 0.2) is 53.0 Å². The zero-order valence-electron chi connectivity index (χ0n) is 15.5. The van der Waals surface area contributed by atoms with Gasteiger partial charge in [-0.25, -0.2) is 0 Å². The molecule has 0 saturated carbocycles. The Morgan fingerprint density at radius 3 is 2.29 bits per heavy atom. The molecular weight excluding hydrogens is 426 g/mol. The van der Waals surface area contributed by atoms with E-state index in [1.807, 2.05) is 25.1 Å². The summed E-state index contributed by atoms with van der Waals surface area (Å²) in [5.41, 5.74) is 6.33. The fourth-order valence-corrected chi connectivity index (χ4v) is 2.78. The van der Waals surface area contributed by atoms with E-state index < -0.39 is 11.8 Å². The maximum atomic E-state index is 11.8. The summed E-state index contributed by atoms with van der Waals surface area (Å²) in [6.45, 7) is 1.79. The molecule has 8 heteroatoms. The van der Waals surface area contributed by atoms with Crippen molar-refractivity contribution in [3.8, 4) is 5.75 Å². The maximum Gasteiger partial charge on any atom is 0.276 e.